The van der Waals surface area contributed by atoms with E-state index in [1.165, 1.54) is 24.9 Å². The van der Waals surface area contributed by atoms with E-state index < -0.39 is 0 Å². The first-order valence-corrected chi connectivity index (χ1v) is 8.67. The number of benzene rings is 1. The topological polar surface area (TPSA) is 48.9 Å². The van der Waals surface area contributed by atoms with Gasteiger partial charge in [0.15, 0.2) is 5.96 Å². The first kappa shape index (κ1) is 16.6. The maximum atomic E-state index is 5.96. The molecule has 2 heterocycles. The Labute approximate surface area is 143 Å². The van der Waals surface area contributed by atoms with Crippen LogP contribution in [-0.4, -0.2) is 56.3 Å². The number of halogens is 1. The Kier molecular flexibility index (Phi) is 5.75. The number of hydrogen-bond donors (Lipinski definition) is 2. The summed E-state index contributed by atoms with van der Waals surface area (Å²) in [6.07, 6.45) is 2.82. The second-order valence-corrected chi connectivity index (χ2v) is 6.62. The number of fused-ring (bicyclic) bond motifs is 1. The lowest BCUT2D eigenvalue weighted by atomic mass is 10.2. The Bertz CT molecular complexity index is 534. The normalized spacial score (nSPS) is 25.2. The molecule has 6 heteroatoms. The number of morpholine rings is 1. The van der Waals surface area contributed by atoms with Gasteiger partial charge in [-0.2, -0.15) is 0 Å². The zero-order chi connectivity index (χ0) is 16.1. The Hall–Kier alpha value is -1.30. The Balaban J connectivity index is 1.42. The van der Waals surface area contributed by atoms with Gasteiger partial charge in [-0.1, -0.05) is 23.7 Å². The number of nitrogens with zero attached hydrogens (tertiary/aromatic N) is 2. The predicted molar refractivity (Wildman–Crippen MR) is 94.0 cm³/mol. The largest absolute Gasteiger partial charge is 0.373 e. The summed E-state index contributed by atoms with van der Waals surface area (Å²) in [6, 6.07) is 8.48. The lowest BCUT2D eigenvalue weighted by molar-refractivity contribution is -0.0453. The molecule has 0 radical (unpaired) electrons. The molecule has 2 unspecified atom stereocenters. The van der Waals surface area contributed by atoms with E-state index >= 15 is 0 Å². The third-order valence-corrected chi connectivity index (χ3v) is 4.81. The molecule has 0 saturated carbocycles. The second kappa shape index (κ2) is 7.99. The number of hydrogen-bond acceptors (Lipinski definition) is 3. The Morgan fingerprint density at radius 3 is 2.96 bits per heavy atom. The second-order valence-electron chi connectivity index (χ2n) is 6.18. The van der Waals surface area contributed by atoms with E-state index in [4.69, 9.17) is 16.3 Å². The van der Waals surface area contributed by atoms with Gasteiger partial charge in [-0.3, -0.25) is 9.89 Å². The van der Waals surface area contributed by atoms with Crippen molar-refractivity contribution in [2.45, 2.75) is 31.5 Å². The lowest BCUT2D eigenvalue weighted by Crippen LogP contribution is -2.51. The average Bonchev–Trinajstić information content (AvgIpc) is 3.04. The molecule has 1 aromatic carbocycles. The SMILES string of the molecule is CN=C(NCc1ccc(Cl)cc1)NCC1CN2CCCC2CO1. The third kappa shape index (κ3) is 4.59. The zero-order valence-corrected chi connectivity index (χ0v) is 14.4. The zero-order valence-electron chi connectivity index (χ0n) is 13.6. The number of aliphatic imine (C=N–C) groups is 1. The minimum atomic E-state index is 0.235. The average molecular weight is 337 g/mol. The number of guanidine groups is 1. The van der Waals surface area contributed by atoms with Gasteiger partial charge in [0, 0.05) is 37.7 Å². The number of nitrogens with one attached hydrogen (secondary N) is 2. The van der Waals surface area contributed by atoms with Crippen molar-refractivity contribution < 1.29 is 4.74 Å². The van der Waals surface area contributed by atoms with Crippen LogP contribution in [0.25, 0.3) is 0 Å². The van der Waals surface area contributed by atoms with Crippen LogP contribution in [0.4, 0.5) is 0 Å². The summed E-state index contributed by atoms with van der Waals surface area (Å²) in [5, 5.41) is 7.44. The van der Waals surface area contributed by atoms with E-state index in [2.05, 4.69) is 20.5 Å². The van der Waals surface area contributed by atoms with Crippen molar-refractivity contribution in [3.63, 3.8) is 0 Å². The van der Waals surface area contributed by atoms with E-state index in [9.17, 15) is 0 Å². The number of rotatable bonds is 4. The molecule has 23 heavy (non-hydrogen) atoms. The van der Waals surface area contributed by atoms with Crippen LogP contribution in [-0.2, 0) is 11.3 Å². The van der Waals surface area contributed by atoms with E-state index in [-0.39, 0.29) is 6.10 Å². The van der Waals surface area contributed by atoms with Gasteiger partial charge < -0.3 is 15.4 Å². The minimum Gasteiger partial charge on any atom is -0.373 e. The fraction of sp³-hybridized carbons (Fsp3) is 0.588. The number of ether oxygens (including phenoxy) is 1. The molecule has 2 N–H and O–H groups in total. The van der Waals surface area contributed by atoms with Gasteiger partial charge in [0.25, 0.3) is 0 Å². The monoisotopic (exact) mass is 336 g/mol. The molecular formula is C17H25ClN4O. The molecule has 2 atom stereocenters. The third-order valence-electron chi connectivity index (χ3n) is 4.56. The smallest absolute Gasteiger partial charge is 0.191 e. The van der Waals surface area contributed by atoms with Gasteiger partial charge in [-0.05, 0) is 37.1 Å². The van der Waals surface area contributed by atoms with Crippen molar-refractivity contribution >= 4 is 17.6 Å². The van der Waals surface area contributed by atoms with Crippen LogP contribution in [0.1, 0.15) is 18.4 Å². The molecule has 2 saturated heterocycles. The van der Waals surface area contributed by atoms with Gasteiger partial charge in [-0.25, -0.2) is 0 Å². The van der Waals surface area contributed by atoms with Crippen LogP contribution < -0.4 is 10.6 Å². The molecule has 0 bridgehead atoms. The van der Waals surface area contributed by atoms with E-state index in [0.717, 1.165) is 37.2 Å². The molecule has 0 aromatic heterocycles. The molecule has 1 aromatic rings. The maximum absolute atomic E-state index is 5.96. The Morgan fingerprint density at radius 1 is 1.35 bits per heavy atom. The summed E-state index contributed by atoms with van der Waals surface area (Å²) < 4.78 is 5.96. The van der Waals surface area contributed by atoms with Gasteiger partial charge in [0.1, 0.15) is 0 Å². The summed E-state index contributed by atoms with van der Waals surface area (Å²) in [5.74, 6) is 0.798. The molecular weight excluding hydrogens is 312 g/mol. The Morgan fingerprint density at radius 2 is 2.17 bits per heavy atom. The summed E-state index contributed by atoms with van der Waals surface area (Å²) >= 11 is 5.90. The van der Waals surface area contributed by atoms with Gasteiger partial charge in [0.05, 0.1) is 12.7 Å². The quantitative estimate of drug-likeness (QED) is 0.651. The first-order valence-electron chi connectivity index (χ1n) is 8.29. The molecule has 3 rings (SSSR count). The molecule has 126 valence electrons. The highest BCUT2D eigenvalue weighted by Gasteiger charge is 2.32. The predicted octanol–water partition coefficient (Wildman–Crippen LogP) is 1.87. The van der Waals surface area contributed by atoms with Crippen LogP contribution in [0.15, 0.2) is 29.3 Å². The standard InChI is InChI=1S/C17H25ClN4O/c1-19-17(20-9-13-4-6-14(18)7-5-13)21-10-16-11-22-8-2-3-15(22)12-23-16/h4-7,15-16H,2-3,8-12H2,1H3,(H2,19,20,21). The van der Waals surface area contributed by atoms with Crippen molar-refractivity contribution in [2.24, 2.45) is 4.99 Å². The van der Waals surface area contributed by atoms with Gasteiger partial charge >= 0.3 is 0 Å². The summed E-state index contributed by atoms with van der Waals surface area (Å²) in [4.78, 5) is 6.83. The van der Waals surface area contributed by atoms with Crippen molar-refractivity contribution in [1.29, 1.82) is 0 Å². The van der Waals surface area contributed by atoms with Crippen LogP contribution in [0.2, 0.25) is 5.02 Å². The lowest BCUT2D eigenvalue weighted by Gasteiger charge is -2.35. The van der Waals surface area contributed by atoms with Crippen LogP contribution in [0.3, 0.4) is 0 Å². The van der Waals surface area contributed by atoms with E-state index in [1.807, 2.05) is 24.3 Å². The molecule has 5 nitrogen and oxygen atoms in total. The fourth-order valence-corrected chi connectivity index (χ4v) is 3.35. The van der Waals surface area contributed by atoms with E-state index in [1.54, 1.807) is 7.05 Å². The highest BCUT2D eigenvalue weighted by atomic mass is 35.5. The highest BCUT2D eigenvalue weighted by Crippen LogP contribution is 2.22. The molecule has 2 fully saturated rings. The van der Waals surface area contributed by atoms with Crippen LogP contribution >= 0.6 is 11.6 Å². The van der Waals surface area contributed by atoms with Gasteiger partial charge in [0.2, 0.25) is 0 Å². The first-order chi connectivity index (χ1) is 11.2. The van der Waals surface area contributed by atoms with E-state index in [0.29, 0.717) is 6.04 Å². The maximum Gasteiger partial charge on any atom is 0.191 e. The fourth-order valence-electron chi connectivity index (χ4n) is 3.23. The molecule has 2 aliphatic rings. The minimum absolute atomic E-state index is 0.235. The van der Waals surface area contributed by atoms with Crippen LogP contribution in [0, 0.1) is 0 Å². The summed E-state index contributed by atoms with van der Waals surface area (Å²) in [6.45, 7) is 4.60. The van der Waals surface area contributed by atoms with Crippen molar-refractivity contribution in [3.8, 4) is 0 Å². The van der Waals surface area contributed by atoms with Crippen LogP contribution in [0.5, 0.6) is 0 Å². The molecule has 2 aliphatic heterocycles. The van der Waals surface area contributed by atoms with Crippen molar-refractivity contribution in [2.75, 3.05) is 33.3 Å². The molecule has 0 spiro atoms. The van der Waals surface area contributed by atoms with Crippen molar-refractivity contribution in [1.82, 2.24) is 15.5 Å². The highest BCUT2D eigenvalue weighted by molar-refractivity contribution is 6.30. The summed E-state index contributed by atoms with van der Waals surface area (Å²) in [5.41, 5.74) is 1.17. The molecule has 0 amide bonds. The van der Waals surface area contributed by atoms with Gasteiger partial charge in [-0.15, -0.1) is 0 Å². The van der Waals surface area contributed by atoms with Crippen molar-refractivity contribution in [3.05, 3.63) is 34.9 Å². The molecule has 0 aliphatic carbocycles. The summed E-state index contributed by atoms with van der Waals surface area (Å²) in [7, 11) is 1.79.